The van der Waals surface area contributed by atoms with Gasteiger partial charge in [-0.3, -0.25) is 4.79 Å². The number of hydrogen-bond donors (Lipinski definition) is 1. The van der Waals surface area contributed by atoms with Crippen molar-refractivity contribution in [2.45, 2.75) is 19.4 Å². The number of allylic oxidation sites excluding steroid dienone is 4. The summed E-state index contributed by atoms with van der Waals surface area (Å²) in [5.41, 5.74) is 0.195. The maximum Gasteiger partial charge on any atom is 0.255 e. The van der Waals surface area contributed by atoms with Crippen LogP contribution in [-0.2, 0) is 6.54 Å². The Bertz CT molecular complexity index is 887. The average molecular weight is 341 g/mol. The minimum absolute atomic E-state index is 0.0245. The van der Waals surface area contributed by atoms with Gasteiger partial charge in [-0.1, -0.05) is 41.4 Å². The largest absolute Gasteiger partial charge is 0.507 e. The lowest BCUT2D eigenvalue weighted by Crippen LogP contribution is -2.21. The van der Waals surface area contributed by atoms with Gasteiger partial charge in [0, 0.05) is 6.07 Å². The van der Waals surface area contributed by atoms with E-state index in [0.29, 0.717) is 0 Å². The van der Waals surface area contributed by atoms with Crippen LogP contribution >= 0.6 is 23.2 Å². The van der Waals surface area contributed by atoms with Crippen LogP contribution in [0, 0.1) is 5.82 Å². The van der Waals surface area contributed by atoms with Crippen LogP contribution in [0.5, 0.6) is 5.75 Å². The predicted molar refractivity (Wildman–Crippen MR) is 84.1 cm³/mol. The standard InChI is InChI=1S/C15H11Cl2FN2O2/c16-14-11-9(21)6-10(22)20(7-8-4-2-1-3-5-8)13(11)12(18)15(17)19-14/h2,4-6,21H,1,3,7H2. The van der Waals surface area contributed by atoms with Crippen molar-refractivity contribution in [2.75, 3.05) is 0 Å². The number of halogens is 3. The highest BCUT2D eigenvalue weighted by molar-refractivity contribution is 6.36. The topological polar surface area (TPSA) is 55.1 Å². The van der Waals surface area contributed by atoms with Crippen LogP contribution in [0.1, 0.15) is 12.8 Å². The van der Waals surface area contributed by atoms with Crippen molar-refractivity contribution in [2.24, 2.45) is 0 Å². The molecular weight excluding hydrogens is 330 g/mol. The number of pyridine rings is 2. The summed E-state index contributed by atoms with van der Waals surface area (Å²) in [5.74, 6) is -1.30. The minimum Gasteiger partial charge on any atom is -0.507 e. The number of aromatic nitrogens is 2. The maximum atomic E-state index is 14.4. The Balaban J connectivity index is 2.31. The van der Waals surface area contributed by atoms with Gasteiger partial charge in [-0.05, 0) is 18.4 Å². The summed E-state index contributed by atoms with van der Waals surface area (Å²) in [5, 5.41) is 9.29. The molecule has 0 atom stereocenters. The highest BCUT2D eigenvalue weighted by Gasteiger charge is 2.20. The van der Waals surface area contributed by atoms with E-state index in [4.69, 9.17) is 23.2 Å². The first kappa shape index (κ1) is 15.1. The minimum atomic E-state index is -0.880. The summed E-state index contributed by atoms with van der Waals surface area (Å²) in [6.07, 6.45) is 7.65. The Labute approximate surface area is 135 Å². The quantitative estimate of drug-likeness (QED) is 0.845. The molecule has 22 heavy (non-hydrogen) atoms. The van der Waals surface area contributed by atoms with E-state index in [1.807, 2.05) is 18.2 Å². The van der Waals surface area contributed by atoms with Gasteiger partial charge < -0.3 is 9.67 Å². The predicted octanol–water partition coefficient (Wildman–Crippen LogP) is 3.82. The molecule has 0 amide bonds. The number of aromatic hydroxyl groups is 1. The van der Waals surface area contributed by atoms with E-state index in [9.17, 15) is 14.3 Å². The smallest absolute Gasteiger partial charge is 0.255 e. The third kappa shape index (κ3) is 2.51. The fraction of sp³-hybridized carbons (Fsp3) is 0.200. The van der Waals surface area contributed by atoms with Crippen LogP contribution in [0.15, 0.2) is 34.7 Å². The van der Waals surface area contributed by atoms with Gasteiger partial charge in [0.2, 0.25) is 0 Å². The van der Waals surface area contributed by atoms with Gasteiger partial charge in [0.25, 0.3) is 5.56 Å². The van der Waals surface area contributed by atoms with Crippen LogP contribution in [0.3, 0.4) is 0 Å². The molecule has 114 valence electrons. The second kappa shape index (κ2) is 5.74. The molecule has 1 N–H and O–H groups in total. The van der Waals surface area contributed by atoms with Crippen molar-refractivity contribution in [3.8, 4) is 5.75 Å². The molecule has 2 aromatic rings. The highest BCUT2D eigenvalue weighted by Crippen LogP contribution is 2.33. The zero-order chi connectivity index (χ0) is 15.9. The molecular formula is C15H11Cl2FN2O2. The molecule has 0 fully saturated rings. The van der Waals surface area contributed by atoms with Crippen LogP contribution in [-0.4, -0.2) is 14.7 Å². The average Bonchev–Trinajstić information content (AvgIpc) is 2.48. The van der Waals surface area contributed by atoms with Gasteiger partial charge in [0.05, 0.1) is 17.4 Å². The van der Waals surface area contributed by atoms with Gasteiger partial charge in [0.15, 0.2) is 11.0 Å². The molecule has 0 radical (unpaired) electrons. The van der Waals surface area contributed by atoms with Crippen LogP contribution in [0.4, 0.5) is 4.39 Å². The third-order valence-electron chi connectivity index (χ3n) is 3.49. The van der Waals surface area contributed by atoms with E-state index in [1.54, 1.807) is 0 Å². The zero-order valence-electron chi connectivity index (χ0n) is 11.3. The SMILES string of the molecule is O=c1cc(O)c2c(Cl)nc(Cl)c(F)c2n1CC1=CCCC=C1. The van der Waals surface area contributed by atoms with E-state index < -0.39 is 22.3 Å². The Morgan fingerprint density at radius 2 is 2.09 bits per heavy atom. The van der Waals surface area contributed by atoms with E-state index >= 15 is 0 Å². The number of hydrogen-bond acceptors (Lipinski definition) is 3. The maximum absolute atomic E-state index is 14.4. The van der Waals surface area contributed by atoms with Crippen LogP contribution < -0.4 is 5.56 Å². The lowest BCUT2D eigenvalue weighted by molar-refractivity contribution is 0.478. The summed E-state index contributed by atoms with van der Waals surface area (Å²) in [6.45, 7) is 0.166. The first-order valence-corrected chi connectivity index (χ1v) is 7.37. The molecule has 7 heteroatoms. The molecule has 4 nitrogen and oxygen atoms in total. The number of nitrogens with zero attached hydrogens (tertiary/aromatic N) is 2. The third-order valence-corrected chi connectivity index (χ3v) is 4.02. The van der Waals surface area contributed by atoms with Crippen molar-refractivity contribution in [1.82, 2.24) is 9.55 Å². The lowest BCUT2D eigenvalue weighted by atomic mass is 10.1. The molecule has 0 spiro atoms. The van der Waals surface area contributed by atoms with Gasteiger partial charge in [-0.2, -0.15) is 0 Å². The van der Waals surface area contributed by atoms with Crippen molar-refractivity contribution in [3.63, 3.8) is 0 Å². The summed E-state index contributed by atoms with van der Waals surface area (Å²) in [4.78, 5) is 15.8. The molecule has 3 rings (SSSR count). The van der Waals surface area contributed by atoms with Crippen molar-refractivity contribution in [1.29, 1.82) is 0 Å². The van der Waals surface area contributed by atoms with E-state index in [1.165, 1.54) is 4.57 Å². The Morgan fingerprint density at radius 3 is 2.77 bits per heavy atom. The fourth-order valence-electron chi connectivity index (χ4n) is 2.48. The van der Waals surface area contributed by atoms with Gasteiger partial charge in [-0.15, -0.1) is 0 Å². The zero-order valence-corrected chi connectivity index (χ0v) is 12.8. The molecule has 2 aromatic heterocycles. The van der Waals surface area contributed by atoms with Gasteiger partial charge in [0.1, 0.15) is 10.9 Å². The van der Waals surface area contributed by atoms with Crippen LogP contribution in [0.2, 0.25) is 10.3 Å². The molecule has 0 aromatic carbocycles. The van der Waals surface area contributed by atoms with E-state index in [0.717, 1.165) is 24.5 Å². The highest BCUT2D eigenvalue weighted by atomic mass is 35.5. The number of fused-ring (bicyclic) bond motifs is 1. The molecule has 0 bridgehead atoms. The normalized spacial score (nSPS) is 14.4. The van der Waals surface area contributed by atoms with Gasteiger partial charge >= 0.3 is 0 Å². The Morgan fingerprint density at radius 1 is 1.32 bits per heavy atom. The number of rotatable bonds is 2. The lowest BCUT2D eigenvalue weighted by Gasteiger charge is -2.15. The second-order valence-electron chi connectivity index (χ2n) is 4.94. The molecule has 0 unspecified atom stereocenters. The summed E-state index contributed by atoms with van der Waals surface area (Å²) >= 11 is 11.7. The molecule has 1 aliphatic carbocycles. The molecule has 0 saturated carbocycles. The first-order valence-electron chi connectivity index (χ1n) is 6.61. The van der Waals surface area contributed by atoms with Gasteiger partial charge in [-0.25, -0.2) is 9.37 Å². The molecule has 0 saturated heterocycles. The van der Waals surface area contributed by atoms with Crippen LogP contribution in [0.25, 0.3) is 10.9 Å². The Hall–Kier alpha value is -1.85. The fourth-order valence-corrected chi connectivity index (χ4v) is 2.97. The summed E-state index contributed by atoms with van der Waals surface area (Å²) in [6, 6.07) is 0.996. The monoisotopic (exact) mass is 340 g/mol. The summed E-state index contributed by atoms with van der Waals surface area (Å²) in [7, 11) is 0. The van der Waals surface area contributed by atoms with Crippen molar-refractivity contribution in [3.05, 3.63) is 56.3 Å². The first-order chi connectivity index (χ1) is 10.5. The van der Waals surface area contributed by atoms with Crippen molar-refractivity contribution >= 4 is 34.1 Å². The molecule has 0 aliphatic heterocycles. The second-order valence-corrected chi connectivity index (χ2v) is 5.66. The van der Waals surface area contributed by atoms with Crippen molar-refractivity contribution < 1.29 is 9.50 Å². The van der Waals surface area contributed by atoms with E-state index in [2.05, 4.69) is 4.98 Å². The molecule has 2 heterocycles. The summed E-state index contributed by atoms with van der Waals surface area (Å²) < 4.78 is 15.6. The van der Waals surface area contributed by atoms with E-state index in [-0.39, 0.29) is 22.6 Å². The Kier molecular flexibility index (Phi) is 3.93. The molecule has 1 aliphatic rings.